The normalized spacial score (nSPS) is 22.2. The van der Waals surface area contributed by atoms with Gasteiger partial charge in [0.2, 0.25) is 0 Å². The second-order valence-corrected chi connectivity index (χ2v) is 6.06. The molecule has 1 saturated heterocycles. The van der Waals surface area contributed by atoms with E-state index in [1.807, 2.05) is 29.1 Å². The number of rotatable bonds is 4. The highest BCUT2D eigenvalue weighted by Gasteiger charge is 2.32. The average molecular weight is 307 g/mol. The predicted molar refractivity (Wildman–Crippen MR) is 87.9 cm³/mol. The maximum Gasteiger partial charge on any atom is 0.0769 e. The molecule has 3 rings (SSSR count). The van der Waals surface area contributed by atoms with Crippen LogP contribution in [0.1, 0.15) is 19.0 Å². The van der Waals surface area contributed by atoms with E-state index in [9.17, 15) is 0 Å². The number of nitrogens with zero attached hydrogens (tertiary/aromatic N) is 3. The van der Waals surface area contributed by atoms with Gasteiger partial charge in [0.15, 0.2) is 0 Å². The van der Waals surface area contributed by atoms with Gasteiger partial charge in [0.1, 0.15) is 0 Å². The molecule has 1 atom stereocenters. The van der Waals surface area contributed by atoms with Gasteiger partial charge in [-0.1, -0.05) is 25.1 Å². The Kier molecular flexibility index (Phi) is 5.04. The first-order valence-electron chi connectivity index (χ1n) is 7.21. The van der Waals surface area contributed by atoms with Crippen LogP contribution >= 0.6 is 12.4 Å². The van der Waals surface area contributed by atoms with Crippen molar-refractivity contribution in [2.45, 2.75) is 19.9 Å². The lowest BCUT2D eigenvalue weighted by molar-refractivity contribution is 0.271. The maximum absolute atomic E-state index is 5.86. The first kappa shape index (κ1) is 16.0. The molecule has 114 valence electrons. The van der Waals surface area contributed by atoms with Gasteiger partial charge in [0.05, 0.1) is 11.4 Å². The van der Waals surface area contributed by atoms with Crippen molar-refractivity contribution >= 4 is 12.4 Å². The summed E-state index contributed by atoms with van der Waals surface area (Å²) in [6.07, 6.45) is 3.21. The average Bonchev–Trinajstić information content (AvgIpc) is 3.08. The number of hydrogen-bond donors (Lipinski definition) is 1. The maximum atomic E-state index is 5.86. The molecule has 1 aliphatic heterocycles. The highest BCUT2D eigenvalue weighted by molar-refractivity contribution is 5.85. The Balaban J connectivity index is 0.00000161. The molecule has 0 radical (unpaired) electrons. The molecule has 1 unspecified atom stereocenters. The molecule has 0 aliphatic carbocycles. The summed E-state index contributed by atoms with van der Waals surface area (Å²) in [7, 11) is 0. The van der Waals surface area contributed by atoms with Gasteiger partial charge in [-0.25, -0.2) is 4.68 Å². The minimum absolute atomic E-state index is 0. The molecular formula is C16H23ClN4. The predicted octanol–water partition coefficient (Wildman–Crippen LogP) is 2.46. The van der Waals surface area contributed by atoms with Crippen molar-refractivity contribution < 1.29 is 0 Å². The van der Waals surface area contributed by atoms with Crippen LogP contribution in [0.5, 0.6) is 0 Å². The van der Waals surface area contributed by atoms with Crippen molar-refractivity contribution in [3.8, 4) is 5.69 Å². The molecule has 21 heavy (non-hydrogen) atoms. The summed E-state index contributed by atoms with van der Waals surface area (Å²) in [6.45, 7) is 6.14. The molecule has 1 aliphatic rings. The summed E-state index contributed by atoms with van der Waals surface area (Å²) < 4.78 is 1.94. The first-order chi connectivity index (χ1) is 9.68. The molecule has 1 aromatic heterocycles. The highest BCUT2D eigenvalue weighted by atomic mass is 35.5. The summed E-state index contributed by atoms with van der Waals surface area (Å²) in [5, 5.41) is 4.66. The molecule has 1 aromatic carbocycles. The van der Waals surface area contributed by atoms with E-state index in [2.05, 4.69) is 35.1 Å². The van der Waals surface area contributed by atoms with Crippen LogP contribution in [-0.4, -0.2) is 34.3 Å². The Morgan fingerprint density at radius 2 is 2.00 bits per heavy atom. The van der Waals surface area contributed by atoms with E-state index in [1.165, 1.54) is 6.42 Å². The largest absolute Gasteiger partial charge is 0.330 e. The van der Waals surface area contributed by atoms with E-state index in [0.717, 1.165) is 37.6 Å². The van der Waals surface area contributed by atoms with Crippen LogP contribution in [0.2, 0.25) is 0 Å². The number of aromatic nitrogens is 2. The Morgan fingerprint density at radius 1 is 1.24 bits per heavy atom. The SMILES string of the molecule is CC1(CN)CCN(Cc2ccn(-c3ccccc3)n2)C1.Cl. The molecule has 4 nitrogen and oxygen atoms in total. The number of nitrogens with two attached hydrogens (primary N) is 1. The summed E-state index contributed by atoms with van der Waals surface area (Å²) in [5.41, 5.74) is 8.36. The number of hydrogen-bond acceptors (Lipinski definition) is 3. The summed E-state index contributed by atoms with van der Waals surface area (Å²) in [4.78, 5) is 2.45. The second-order valence-electron chi connectivity index (χ2n) is 6.06. The minimum atomic E-state index is 0. The Hall–Kier alpha value is -1.36. The third-order valence-electron chi connectivity index (χ3n) is 4.18. The van der Waals surface area contributed by atoms with Crippen LogP contribution in [0.3, 0.4) is 0 Å². The van der Waals surface area contributed by atoms with Gasteiger partial charge in [-0.15, -0.1) is 12.4 Å². The Morgan fingerprint density at radius 3 is 2.67 bits per heavy atom. The van der Waals surface area contributed by atoms with Crippen molar-refractivity contribution in [2.24, 2.45) is 11.1 Å². The molecule has 0 saturated carbocycles. The zero-order valence-corrected chi connectivity index (χ0v) is 13.2. The molecule has 0 amide bonds. The third kappa shape index (κ3) is 3.64. The van der Waals surface area contributed by atoms with Crippen molar-refractivity contribution in [1.82, 2.24) is 14.7 Å². The van der Waals surface area contributed by atoms with Crippen molar-refractivity contribution in [1.29, 1.82) is 0 Å². The van der Waals surface area contributed by atoms with Gasteiger partial charge in [0.25, 0.3) is 0 Å². The fraction of sp³-hybridized carbons (Fsp3) is 0.438. The summed E-state index contributed by atoms with van der Waals surface area (Å²) >= 11 is 0. The van der Waals surface area contributed by atoms with Crippen LogP contribution in [0, 0.1) is 5.41 Å². The molecule has 0 bridgehead atoms. The van der Waals surface area contributed by atoms with E-state index < -0.39 is 0 Å². The molecule has 1 fully saturated rings. The molecule has 2 heterocycles. The van der Waals surface area contributed by atoms with Crippen LogP contribution in [0.25, 0.3) is 5.69 Å². The quantitative estimate of drug-likeness (QED) is 0.944. The van der Waals surface area contributed by atoms with Crippen LogP contribution in [-0.2, 0) is 6.54 Å². The van der Waals surface area contributed by atoms with Gasteiger partial charge in [-0.3, -0.25) is 4.90 Å². The van der Waals surface area contributed by atoms with E-state index in [1.54, 1.807) is 0 Å². The van der Waals surface area contributed by atoms with Gasteiger partial charge in [-0.05, 0) is 43.1 Å². The first-order valence-corrected chi connectivity index (χ1v) is 7.21. The van der Waals surface area contributed by atoms with E-state index in [4.69, 9.17) is 5.73 Å². The molecular weight excluding hydrogens is 284 g/mol. The van der Waals surface area contributed by atoms with E-state index in [0.29, 0.717) is 0 Å². The fourth-order valence-electron chi connectivity index (χ4n) is 2.83. The van der Waals surface area contributed by atoms with Gasteiger partial charge < -0.3 is 5.73 Å². The number of para-hydroxylation sites is 1. The number of likely N-dealkylation sites (tertiary alicyclic amines) is 1. The van der Waals surface area contributed by atoms with Crippen molar-refractivity contribution in [2.75, 3.05) is 19.6 Å². The van der Waals surface area contributed by atoms with Crippen LogP contribution in [0.15, 0.2) is 42.6 Å². The minimum Gasteiger partial charge on any atom is -0.330 e. The van der Waals surface area contributed by atoms with Gasteiger partial charge >= 0.3 is 0 Å². The number of halogens is 1. The molecule has 0 spiro atoms. The standard InChI is InChI=1S/C16H22N4.ClH/c1-16(12-17)8-10-19(13-16)11-14-7-9-20(18-14)15-5-3-2-4-6-15;/h2-7,9H,8,10-13,17H2,1H3;1H. The van der Waals surface area contributed by atoms with Crippen molar-refractivity contribution in [3.63, 3.8) is 0 Å². The number of benzene rings is 1. The van der Waals surface area contributed by atoms with Crippen LogP contribution < -0.4 is 5.73 Å². The third-order valence-corrected chi connectivity index (χ3v) is 4.18. The monoisotopic (exact) mass is 306 g/mol. The Bertz CT molecular complexity index is 569. The molecule has 5 heteroatoms. The summed E-state index contributed by atoms with van der Waals surface area (Å²) in [5.74, 6) is 0. The Labute approximate surface area is 132 Å². The summed E-state index contributed by atoms with van der Waals surface area (Å²) in [6, 6.07) is 12.3. The smallest absolute Gasteiger partial charge is 0.0769 e. The zero-order chi connectivity index (χ0) is 14.0. The second kappa shape index (κ2) is 6.60. The van der Waals surface area contributed by atoms with Crippen LogP contribution in [0.4, 0.5) is 0 Å². The fourth-order valence-corrected chi connectivity index (χ4v) is 2.83. The van der Waals surface area contributed by atoms with Crippen molar-refractivity contribution in [3.05, 3.63) is 48.3 Å². The highest BCUT2D eigenvalue weighted by Crippen LogP contribution is 2.29. The topological polar surface area (TPSA) is 47.1 Å². The molecule has 2 N–H and O–H groups in total. The van der Waals surface area contributed by atoms with Gasteiger partial charge in [-0.2, -0.15) is 5.10 Å². The van der Waals surface area contributed by atoms with Gasteiger partial charge in [0, 0.05) is 19.3 Å². The lowest BCUT2D eigenvalue weighted by atomic mass is 9.90. The lowest BCUT2D eigenvalue weighted by Gasteiger charge is -2.22. The zero-order valence-electron chi connectivity index (χ0n) is 12.4. The molecule has 2 aromatic rings. The lowest BCUT2D eigenvalue weighted by Crippen LogP contribution is -2.31. The van der Waals surface area contributed by atoms with E-state index >= 15 is 0 Å². The van der Waals surface area contributed by atoms with E-state index in [-0.39, 0.29) is 17.8 Å².